The highest BCUT2D eigenvalue weighted by atomic mass is 16.5. The lowest BCUT2D eigenvalue weighted by Gasteiger charge is -2.18. The number of nitrogens with zero attached hydrogens (tertiary/aromatic N) is 1. The number of carbonyl (C=O) groups excluding carboxylic acids is 2. The van der Waals surface area contributed by atoms with Crippen molar-refractivity contribution >= 4 is 23.6 Å². The van der Waals surface area contributed by atoms with Crippen molar-refractivity contribution in [1.82, 2.24) is 0 Å². The van der Waals surface area contributed by atoms with E-state index >= 15 is 0 Å². The largest absolute Gasteiger partial charge is 0.497 e. The Morgan fingerprint density at radius 3 is 2.33 bits per heavy atom. The molecule has 2 aromatic rings. The smallest absolute Gasteiger partial charge is 0.340 e. The fraction of sp³-hybridized carbons (Fsp3) is 0.217. The molecule has 0 fully saturated rings. The highest BCUT2D eigenvalue weighted by Gasteiger charge is 2.38. The van der Waals surface area contributed by atoms with E-state index in [1.54, 1.807) is 62.6 Å². The number of ether oxygens (including phenoxy) is 4. The monoisotopic (exact) mass is 409 g/mol. The fourth-order valence-corrected chi connectivity index (χ4v) is 3.42. The number of benzene rings is 2. The van der Waals surface area contributed by atoms with Crippen molar-refractivity contribution in [2.24, 2.45) is 0 Å². The van der Waals surface area contributed by atoms with Crippen molar-refractivity contribution in [1.29, 1.82) is 0 Å². The Hall–Kier alpha value is -3.74. The first-order valence-corrected chi connectivity index (χ1v) is 9.17. The third-order valence-electron chi connectivity index (χ3n) is 4.83. The van der Waals surface area contributed by atoms with Gasteiger partial charge in [-0.1, -0.05) is 18.2 Å². The molecule has 7 heteroatoms. The molecular formula is C23H23NO6. The highest BCUT2D eigenvalue weighted by Crippen LogP contribution is 2.39. The van der Waals surface area contributed by atoms with Crippen LogP contribution in [0.3, 0.4) is 0 Å². The fourth-order valence-electron chi connectivity index (χ4n) is 3.42. The maximum atomic E-state index is 13.4. The molecule has 0 spiro atoms. The van der Waals surface area contributed by atoms with Gasteiger partial charge in [0.2, 0.25) is 0 Å². The summed E-state index contributed by atoms with van der Waals surface area (Å²) in [7, 11) is 5.88. The van der Waals surface area contributed by atoms with E-state index in [9.17, 15) is 9.59 Å². The maximum absolute atomic E-state index is 13.4. The summed E-state index contributed by atoms with van der Waals surface area (Å²) in [5, 5.41) is 0. The van der Waals surface area contributed by atoms with Crippen molar-refractivity contribution in [3.8, 4) is 17.2 Å². The van der Waals surface area contributed by atoms with Crippen LogP contribution in [-0.4, -0.2) is 40.3 Å². The van der Waals surface area contributed by atoms with Gasteiger partial charge < -0.3 is 18.9 Å². The van der Waals surface area contributed by atoms with Gasteiger partial charge in [0.15, 0.2) is 11.5 Å². The summed E-state index contributed by atoms with van der Waals surface area (Å²) in [5.41, 5.74) is 2.04. The number of rotatable bonds is 6. The van der Waals surface area contributed by atoms with Gasteiger partial charge in [0.25, 0.3) is 5.91 Å². The molecule has 1 aliphatic rings. The second kappa shape index (κ2) is 8.73. The zero-order valence-corrected chi connectivity index (χ0v) is 17.5. The van der Waals surface area contributed by atoms with Gasteiger partial charge in [-0.25, -0.2) is 4.79 Å². The molecule has 0 saturated heterocycles. The Kier molecular flexibility index (Phi) is 6.11. The van der Waals surface area contributed by atoms with E-state index in [0.29, 0.717) is 34.2 Å². The summed E-state index contributed by atoms with van der Waals surface area (Å²) in [5.74, 6) is 0.620. The minimum absolute atomic E-state index is 0.190. The molecule has 0 aromatic heterocycles. The average Bonchev–Trinajstić information content (AvgIpc) is 3.02. The molecular weight excluding hydrogens is 386 g/mol. The quantitative estimate of drug-likeness (QED) is 0.536. The summed E-state index contributed by atoms with van der Waals surface area (Å²) >= 11 is 0. The Balaban J connectivity index is 2.19. The zero-order chi connectivity index (χ0) is 21.8. The lowest BCUT2D eigenvalue weighted by atomic mass is 10.0. The first kappa shape index (κ1) is 21.0. The number of carbonyl (C=O) groups is 2. The molecule has 0 aliphatic carbocycles. The van der Waals surface area contributed by atoms with Crippen LogP contribution < -0.4 is 19.1 Å². The third-order valence-corrected chi connectivity index (χ3v) is 4.83. The van der Waals surface area contributed by atoms with Gasteiger partial charge in [0.05, 0.1) is 45.3 Å². The van der Waals surface area contributed by atoms with Crippen LogP contribution in [0.15, 0.2) is 59.3 Å². The molecule has 0 atom stereocenters. The van der Waals surface area contributed by atoms with Crippen molar-refractivity contribution < 1.29 is 28.5 Å². The van der Waals surface area contributed by atoms with Crippen LogP contribution in [0.25, 0.3) is 6.08 Å². The van der Waals surface area contributed by atoms with Crippen LogP contribution in [-0.2, 0) is 14.3 Å². The van der Waals surface area contributed by atoms with E-state index in [-0.39, 0.29) is 17.1 Å². The van der Waals surface area contributed by atoms with Crippen molar-refractivity contribution in [3.05, 3.63) is 64.9 Å². The Morgan fingerprint density at radius 2 is 1.70 bits per heavy atom. The van der Waals surface area contributed by atoms with E-state index in [0.717, 1.165) is 0 Å². The van der Waals surface area contributed by atoms with Gasteiger partial charge in [0, 0.05) is 17.3 Å². The third kappa shape index (κ3) is 3.61. The SMILES string of the molecule is COC(=O)C1=C(C)N(c2cccc(OC)c2)C(=O)/C1=C\c1cccc(OC)c1OC. The second-order valence-electron chi connectivity index (χ2n) is 6.43. The summed E-state index contributed by atoms with van der Waals surface area (Å²) in [6.07, 6.45) is 1.61. The van der Waals surface area contributed by atoms with Crippen LogP contribution in [0.1, 0.15) is 12.5 Å². The molecule has 156 valence electrons. The molecule has 30 heavy (non-hydrogen) atoms. The van der Waals surface area contributed by atoms with Crippen LogP contribution in [0, 0.1) is 0 Å². The van der Waals surface area contributed by atoms with Gasteiger partial charge in [-0.2, -0.15) is 0 Å². The topological polar surface area (TPSA) is 74.3 Å². The molecule has 1 aliphatic heterocycles. The number of anilines is 1. The number of allylic oxidation sites excluding steroid dienone is 1. The van der Waals surface area contributed by atoms with Crippen molar-refractivity contribution in [2.75, 3.05) is 33.3 Å². The number of amides is 1. The summed E-state index contributed by atoms with van der Waals surface area (Å²) < 4.78 is 21.0. The molecule has 0 bridgehead atoms. The molecule has 1 heterocycles. The first-order chi connectivity index (χ1) is 14.5. The number of para-hydroxylation sites is 1. The highest BCUT2D eigenvalue weighted by molar-refractivity contribution is 6.24. The standard InChI is InChI=1S/C23H23NO6/c1-14-20(23(26)30-5)18(12-15-8-6-11-19(28-3)21(15)29-4)22(25)24(14)16-9-7-10-17(13-16)27-2/h6-13H,1-5H3/b18-12-. The predicted octanol–water partition coefficient (Wildman–Crippen LogP) is 3.59. The Morgan fingerprint density at radius 1 is 0.967 bits per heavy atom. The lowest BCUT2D eigenvalue weighted by Crippen LogP contribution is -2.24. The molecule has 3 rings (SSSR count). The van der Waals surface area contributed by atoms with Gasteiger partial charge in [-0.05, 0) is 31.2 Å². The molecule has 0 N–H and O–H groups in total. The van der Waals surface area contributed by atoms with Gasteiger partial charge in [-0.3, -0.25) is 9.69 Å². The number of methoxy groups -OCH3 is 4. The summed E-state index contributed by atoms with van der Waals surface area (Å²) in [6, 6.07) is 12.4. The Bertz CT molecular complexity index is 1050. The molecule has 7 nitrogen and oxygen atoms in total. The van der Waals surface area contributed by atoms with Crippen molar-refractivity contribution in [2.45, 2.75) is 6.92 Å². The average molecular weight is 409 g/mol. The van der Waals surface area contributed by atoms with Gasteiger partial charge in [-0.15, -0.1) is 0 Å². The predicted molar refractivity (Wildman–Crippen MR) is 113 cm³/mol. The van der Waals surface area contributed by atoms with E-state index in [2.05, 4.69) is 0 Å². The first-order valence-electron chi connectivity index (χ1n) is 9.17. The summed E-state index contributed by atoms with van der Waals surface area (Å²) in [4.78, 5) is 27.4. The lowest BCUT2D eigenvalue weighted by molar-refractivity contribution is -0.136. The van der Waals surface area contributed by atoms with E-state index in [1.165, 1.54) is 26.2 Å². The Labute approximate surface area is 175 Å². The van der Waals surface area contributed by atoms with Gasteiger partial charge in [0.1, 0.15) is 5.75 Å². The number of esters is 1. The maximum Gasteiger partial charge on any atom is 0.340 e. The molecule has 0 unspecified atom stereocenters. The minimum Gasteiger partial charge on any atom is -0.497 e. The minimum atomic E-state index is -0.598. The number of hydrogen-bond acceptors (Lipinski definition) is 6. The molecule has 2 aromatic carbocycles. The van der Waals surface area contributed by atoms with Crippen LogP contribution >= 0.6 is 0 Å². The van der Waals surface area contributed by atoms with Crippen molar-refractivity contribution in [3.63, 3.8) is 0 Å². The van der Waals surface area contributed by atoms with E-state index < -0.39 is 5.97 Å². The second-order valence-corrected chi connectivity index (χ2v) is 6.43. The van der Waals surface area contributed by atoms with Crippen LogP contribution in [0.5, 0.6) is 17.2 Å². The summed E-state index contributed by atoms with van der Waals surface area (Å²) in [6.45, 7) is 1.70. The normalized spacial score (nSPS) is 14.9. The molecule has 0 radical (unpaired) electrons. The molecule has 1 amide bonds. The molecule has 0 saturated carbocycles. The van der Waals surface area contributed by atoms with E-state index in [1.807, 2.05) is 0 Å². The van der Waals surface area contributed by atoms with E-state index in [4.69, 9.17) is 18.9 Å². The van der Waals surface area contributed by atoms with Crippen LogP contribution in [0.2, 0.25) is 0 Å². The van der Waals surface area contributed by atoms with Crippen LogP contribution in [0.4, 0.5) is 5.69 Å². The number of hydrogen-bond donors (Lipinski definition) is 0. The van der Waals surface area contributed by atoms with Gasteiger partial charge >= 0.3 is 5.97 Å². The zero-order valence-electron chi connectivity index (χ0n) is 17.5.